The van der Waals surface area contributed by atoms with E-state index in [1.165, 1.54) is 0 Å². The SMILES string of the molecule is CCOc1ccc(N)cc1CN(C)Cc1nccn1C. The highest BCUT2D eigenvalue weighted by atomic mass is 16.5. The van der Waals surface area contributed by atoms with E-state index >= 15 is 0 Å². The molecule has 1 aromatic heterocycles. The fraction of sp³-hybridized carbons (Fsp3) is 0.400. The van der Waals surface area contributed by atoms with Crippen molar-refractivity contribution in [3.8, 4) is 5.75 Å². The molecule has 1 aromatic carbocycles. The summed E-state index contributed by atoms with van der Waals surface area (Å²) in [6, 6.07) is 5.77. The van der Waals surface area contributed by atoms with E-state index in [1.807, 2.05) is 49.1 Å². The highest BCUT2D eigenvalue weighted by molar-refractivity contribution is 5.47. The van der Waals surface area contributed by atoms with E-state index in [0.717, 1.165) is 35.9 Å². The zero-order valence-corrected chi connectivity index (χ0v) is 12.3. The Bertz CT molecular complexity index is 565. The van der Waals surface area contributed by atoms with Gasteiger partial charge in [0.25, 0.3) is 0 Å². The third-order valence-electron chi connectivity index (χ3n) is 3.16. The number of imidazole rings is 1. The molecule has 0 saturated heterocycles. The van der Waals surface area contributed by atoms with Crippen molar-refractivity contribution in [2.24, 2.45) is 7.05 Å². The smallest absolute Gasteiger partial charge is 0.123 e. The van der Waals surface area contributed by atoms with Gasteiger partial charge in [0.2, 0.25) is 0 Å². The van der Waals surface area contributed by atoms with Crippen LogP contribution in [0.15, 0.2) is 30.6 Å². The van der Waals surface area contributed by atoms with Crippen LogP contribution in [0.5, 0.6) is 5.75 Å². The van der Waals surface area contributed by atoms with Crippen LogP contribution in [0.1, 0.15) is 18.3 Å². The van der Waals surface area contributed by atoms with Crippen molar-refractivity contribution in [3.63, 3.8) is 0 Å². The second kappa shape index (κ2) is 6.43. The molecular formula is C15H22N4O. The first-order chi connectivity index (χ1) is 9.60. The molecule has 0 saturated carbocycles. The van der Waals surface area contributed by atoms with Gasteiger partial charge in [-0.05, 0) is 32.2 Å². The quantitative estimate of drug-likeness (QED) is 0.819. The molecule has 2 N–H and O–H groups in total. The highest BCUT2D eigenvalue weighted by Crippen LogP contribution is 2.23. The van der Waals surface area contributed by atoms with Crippen LogP contribution < -0.4 is 10.5 Å². The number of anilines is 1. The van der Waals surface area contributed by atoms with Crippen molar-refractivity contribution in [2.45, 2.75) is 20.0 Å². The van der Waals surface area contributed by atoms with Gasteiger partial charge in [-0.1, -0.05) is 0 Å². The van der Waals surface area contributed by atoms with Crippen LogP contribution in [0.25, 0.3) is 0 Å². The number of aryl methyl sites for hydroxylation is 1. The van der Waals surface area contributed by atoms with E-state index in [9.17, 15) is 0 Å². The first-order valence-electron chi connectivity index (χ1n) is 6.76. The normalized spacial score (nSPS) is 11.0. The number of benzene rings is 1. The largest absolute Gasteiger partial charge is 0.494 e. The third-order valence-corrected chi connectivity index (χ3v) is 3.16. The van der Waals surface area contributed by atoms with E-state index < -0.39 is 0 Å². The zero-order chi connectivity index (χ0) is 14.5. The van der Waals surface area contributed by atoms with Gasteiger partial charge in [0.05, 0.1) is 13.2 Å². The van der Waals surface area contributed by atoms with Crippen LogP contribution >= 0.6 is 0 Å². The van der Waals surface area contributed by atoms with Crippen LogP contribution in [-0.2, 0) is 20.1 Å². The minimum Gasteiger partial charge on any atom is -0.494 e. The minimum atomic E-state index is 0.653. The Morgan fingerprint density at radius 2 is 2.15 bits per heavy atom. The van der Waals surface area contributed by atoms with E-state index in [2.05, 4.69) is 16.9 Å². The summed E-state index contributed by atoms with van der Waals surface area (Å²) in [5.41, 5.74) is 7.73. The van der Waals surface area contributed by atoms with Gasteiger partial charge in [-0.15, -0.1) is 0 Å². The topological polar surface area (TPSA) is 56.3 Å². The molecule has 2 aromatic rings. The van der Waals surface area contributed by atoms with Gasteiger partial charge in [0, 0.05) is 37.2 Å². The molecule has 0 radical (unpaired) electrons. The summed E-state index contributed by atoms with van der Waals surface area (Å²) in [6.07, 6.45) is 3.77. The first-order valence-corrected chi connectivity index (χ1v) is 6.76. The number of ether oxygens (including phenoxy) is 1. The van der Waals surface area contributed by atoms with Crippen LogP contribution in [0.4, 0.5) is 5.69 Å². The Kier molecular flexibility index (Phi) is 4.63. The monoisotopic (exact) mass is 274 g/mol. The second-order valence-corrected chi connectivity index (χ2v) is 4.93. The standard InChI is InChI=1S/C15H22N4O/c1-4-20-14-6-5-13(16)9-12(14)10-18(2)11-15-17-7-8-19(15)3/h5-9H,4,10-11,16H2,1-3H3. The summed E-state index contributed by atoms with van der Waals surface area (Å²) < 4.78 is 7.68. The minimum absolute atomic E-state index is 0.653. The predicted molar refractivity (Wildman–Crippen MR) is 80.4 cm³/mol. The molecule has 0 amide bonds. The van der Waals surface area contributed by atoms with E-state index in [-0.39, 0.29) is 0 Å². The Morgan fingerprint density at radius 1 is 1.35 bits per heavy atom. The summed E-state index contributed by atoms with van der Waals surface area (Å²) in [6.45, 7) is 4.19. The summed E-state index contributed by atoms with van der Waals surface area (Å²) in [5.74, 6) is 1.93. The van der Waals surface area contributed by atoms with Crippen molar-refractivity contribution in [1.82, 2.24) is 14.5 Å². The van der Waals surface area contributed by atoms with Gasteiger partial charge in [0.1, 0.15) is 11.6 Å². The lowest BCUT2D eigenvalue weighted by atomic mass is 10.1. The number of nitrogen functional groups attached to an aromatic ring is 1. The van der Waals surface area contributed by atoms with Gasteiger partial charge in [-0.3, -0.25) is 4.90 Å². The van der Waals surface area contributed by atoms with Gasteiger partial charge >= 0.3 is 0 Å². The Hall–Kier alpha value is -2.01. The van der Waals surface area contributed by atoms with E-state index in [4.69, 9.17) is 10.5 Å². The number of aromatic nitrogens is 2. The average Bonchev–Trinajstić information content (AvgIpc) is 2.78. The molecule has 0 aliphatic carbocycles. The van der Waals surface area contributed by atoms with Gasteiger partial charge < -0.3 is 15.0 Å². The molecule has 0 spiro atoms. The molecule has 1 heterocycles. The number of nitrogens with two attached hydrogens (primary N) is 1. The molecular weight excluding hydrogens is 252 g/mol. The molecule has 0 atom stereocenters. The third kappa shape index (κ3) is 3.51. The molecule has 2 rings (SSSR count). The molecule has 5 nitrogen and oxygen atoms in total. The lowest BCUT2D eigenvalue weighted by Crippen LogP contribution is -2.20. The predicted octanol–water partition coefficient (Wildman–Crippen LogP) is 2.03. The Balaban J connectivity index is 2.08. The van der Waals surface area contributed by atoms with Crippen LogP contribution in [0.3, 0.4) is 0 Å². The van der Waals surface area contributed by atoms with Crippen molar-refractivity contribution >= 4 is 5.69 Å². The van der Waals surface area contributed by atoms with Crippen molar-refractivity contribution in [3.05, 3.63) is 42.0 Å². The fourth-order valence-electron chi connectivity index (χ4n) is 2.16. The number of rotatable bonds is 6. The molecule has 0 aliphatic rings. The first kappa shape index (κ1) is 14.4. The molecule has 0 fully saturated rings. The number of hydrogen-bond donors (Lipinski definition) is 1. The van der Waals surface area contributed by atoms with E-state index in [0.29, 0.717) is 6.61 Å². The van der Waals surface area contributed by atoms with Crippen LogP contribution in [-0.4, -0.2) is 28.1 Å². The maximum atomic E-state index is 5.87. The molecule has 0 aliphatic heterocycles. The van der Waals surface area contributed by atoms with Crippen molar-refractivity contribution in [1.29, 1.82) is 0 Å². The second-order valence-electron chi connectivity index (χ2n) is 4.93. The molecule has 5 heteroatoms. The average molecular weight is 274 g/mol. The maximum Gasteiger partial charge on any atom is 0.123 e. The summed E-state index contributed by atoms with van der Waals surface area (Å²) in [4.78, 5) is 6.53. The molecule has 0 bridgehead atoms. The fourth-order valence-corrected chi connectivity index (χ4v) is 2.16. The maximum absolute atomic E-state index is 5.87. The lowest BCUT2D eigenvalue weighted by Gasteiger charge is -2.19. The lowest BCUT2D eigenvalue weighted by molar-refractivity contribution is 0.290. The van der Waals surface area contributed by atoms with Gasteiger partial charge in [0.15, 0.2) is 0 Å². The molecule has 108 valence electrons. The number of nitrogens with zero attached hydrogens (tertiary/aromatic N) is 3. The summed E-state index contributed by atoms with van der Waals surface area (Å²) in [7, 11) is 4.07. The summed E-state index contributed by atoms with van der Waals surface area (Å²) in [5, 5.41) is 0. The van der Waals surface area contributed by atoms with Crippen molar-refractivity contribution < 1.29 is 4.74 Å². The zero-order valence-electron chi connectivity index (χ0n) is 12.3. The highest BCUT2D eigenvalue weighted by Gasteiger charge is 2.09. The molecule has 20 heavy (non-hydrogen) atoms. The molecule has 0 unspecified atom stereocenters. The van der Waals surface area contributed by atoms with E-state index in [1.54, 1.807) is 0 Å². The van der Waals surface area contributed by atoms with Crippen molar-refractivity contribution in [2.75, 3.05) is 19.4 Å². The Labute approximate surface area is 120 Å². The van der Waals surface area contributed by atoms with Crippen LogP contribution in [0, 0.1) is 0 Å². The number of hydrogen-bond acceptors (Lipinski definition) is 4. The summed E-state index contributed by atoms with van der Waals surface area (Å²) >= 11 is 0. The van der Waals surface area contributed by atoms with Gasteiger partial charge in [-0.2, -0.15) is 0 Å². The van der Waals surface area contributed by atoms with Gasteiger partial charge in [-0.25, -0.2) is 4.98 Å². The van der Waals surface area contributed by atoms with Crippen LogP contribution in [0.2, 0.25) is 0 Å². The Morgan fingerprint density at radius 3 is 2.80 bits per heavy atom.